The van der Waals surface area contributed by atoms with Crippen LogP contribution in [0.2, 0.25) is 0 Å². The van der Waals surface area contributed by atoms with Gasteiger partial charge < -0.3 is 9.64 Å². The Morgan fingerprint density at radius 2 is 1.92 bits per heavy atom. The predicted molar refractivity (Wildman–Crippen MR) is 94.0 cm³/mol. The smallest absolute Gasteiger partial charge is 0.296 e. The van der Waals surface area contributed by atoms with Gasteiger partial charge in [-0.2, -0.15) is 0 Å². The molecule has 0 radical (unpaired) electrons. The molecule has 1 fully saturated rings. The molecular weight excluding hydrogens is 340 g/mol. The Morgan fingerprint density at radius 3 is 2.69 bits per heavy atom. The molecule has 1 aliphatic heterocycles. The number of morpholine rings is 1. The SMILES string of the molecule is Cc1nc(N2CCOC[C@@H]2C)cc(-n2c(C(F)F)nc3ccccc32)n1. The van der Waals surface area contributed by atoms with Gasteiger partial charge in [0.05, 0.1) is 30.3 Å². The number of anilines is 1. The van der Waals surface area contributed by atoms with E-state index in [1.165, 1.54) is 4.57 Å². The largest absolute Gasteiger partial charge is 0.377 e. The molecule has 3 aromatic rings. The Kier molecular flexibility index (Phi) is 4.28. The third-order valence-corrected chi connectivity index (χ3v) is 4.48. The Morgan fingerprint density at radius 1 is 1.15 bits per heavy atom. The molecule has 0 saturated carbocycles. The van der Waals surface area contributed by atoms with E-state index in [0.717, 1.165) is 0 Å². The molecule has 3 heterocycles. The molecule has 1 atom stereocenters. The van der Waals surface area contributed by atoms with Gasteiger partial charge in [0.2, 0.25) is 0 Å². The van der Waals surface area contributed by atoms with Crippen LogP contribution in [0.5, 0.6) is 0 Å². The zero-order valence-electron chi connectivity index (χ0n) is 14.6. The van der Waals surface area contributed by atoms with Crippen molar-refractivity contribution < 1.29 is 13.5 Å². The van der Waals surface area contributed by atoms with Crippen molar-refractivity contribution in [2.75, 3.05) is 24.7 Å². The quantitative estimate of drug-likeness (QED) is 0.718. The summed E-state index contributed by atoms with van der Waals surface area (Å²) in [5, 5.41) is 0. The maximum atomic E-state index is 13.6. The van der Waals surface area contributed by atoms with E-state index in [9.17, 15) is 8.78 Å². The lowest BCUT2D eigenvalue weighted by Gasteiger charge is -2.34. The molecule has 4 rings (SSSR count). The van der Waals surface area contributed by atoms with Crippen molar-refractivity contribution in [3.63, 3.8) is 0 Å². The van der Waals surface area contributed by atoms with Gasteiger partial charge >= 0.3 is 0 Å². The molecule has 1 aliphatic rings. The number of aromatic nitrogens is 4. The van der Waals surface area contributed by atoms with Crippen LogP contribution in [0.1, 0.15) is 25.0 Å². The Labute approximate surface area is 149 Å². The molecule has 0 spiro atoms. The third kappa shape index (κ3) is 2.90. The molecule has 0 N–H and O–H groups in total. The first-order chi connectivity index (χ1) is 12.5. The van der Waals surface area contributed by atoms with Gasteiger partial charge in [0.25, 0.3) is 6.43 Å². The van der Waals surface area contributed by atoms with E-state index >= 15 is 0 Å². The average molecular weight is 359 g/mol. The summed E-state index contributed by atoms with van der Waals surface area (Å²) in [5.74, 6) is 1.32. The number of alkyl halides is 2. The summed E-state index contributed by atoms with van der Waals surface area (Å²) in [6.45, 7) is 5.73. The van der Waals surface area contributed by atoms with Crippen molar-refractivity contribution >= 4 is 16.9 Å². The van der Waals surface area contributed by atoms with Crippen LogP contribution in [0.25, 0.3) is 16.9 Å². The molecule has 0 unspecified atom stereocenters. The summed E-state index contributed by atoms with van der Waals surface area (Å²) in [7, 11) is 0. The monoisotopic (exact) mass is 359 g/mol. The summed E-state index contributed by atoms with van der Waals surface area (Å²) < 4.78 is 34.1. The minimum absolute atomic E-state index is 0.153. The Hall–Kier alpha value is -2.61. The van der Waals surface area contributed by atoms with E-state index in [1.54, 1.807) is 37.3 Å². The predicted octanol–water partition coefficient (Wildman–Crippen LogP) is 3.29. The molecule has 0 bridgehead atoms. The van der Waals surface area contributed by atoms with Crippen molar-refractivity contribution in [3.8, 4) is 5.82 Å². The lowest BCUT2D eigenvalue weighted by Crippen LogP contribution is -2.44. The highest BCUT2D eigenvalue weighted by atomic mass is 19.3. The summed E-state index contributed by atoms with van der Waals surface area (Å²) in [6.07, 6.45) is -2.71. The van der Waals surface area contributed by atoms with E-state index in [4.69, 9.17) is 4.74 Å². The molecule has 0 aliphatic carbocycles. The Balaban J connectivity index is 1.88. The van der Waals surface area contributed by atoms with Crippen molar-refractivity contribution in [2.45, 2.75) is 26.3 Å². The normalized spacial score (nSPS) is 18.0. The van der Waals surface area contributed by atoms with Crippen molar-refractivity contribution in [1.82, 2.24) is 19.5 Å². The molecular formula is C18H19F2N5O. The van der Waals surface area contributed by atoms with Crippen LogP contribution in [0.15, 0.2) is 30.3 Å². The zero-order valence-corrected chi connectivity index (χ0v) is 14.6. The standard InChI is InChI=1S/C18H19F2N5O/c1-11-10-26-8-7-24(11)15-9-16(22-12(2)21-15)25-14-6-4-3-5-13(14)23-18(25)17(19)20/h3-6,9,11,17H,7-8,10H2,1-2H3/t11-/m0/s1. The highest BCUT2D eigenvalue weighted by Gasteiger charge is 2.24. The second-order valence-electron chi connectivity index (χ2n) is 6.34. The first-order valence-electron chi connectivity index (χ1n) is 8.50. The second-order valence-corrected chi connectivity index (χ2v) is 6.34. The van der Waals surface area contributed by atoms with Crippen LogP contribution in [-0.2, 0) is 4.74 Å². The number of nitrogens with zero attached hydrogens (tertiary/aromatic N) is 5. The molecule has 136 valence electrons. The van der Waals surface area contributed by atoms with Gasteiger partial charge in [-0.25, -0.2) is 23.7 Å². The maximum Gasteiger partial charge on any atom is 0.296 e. The third-order valence-electron chi connectivity index (χ3n) is 4.48. The number of aryl methyl sites for hydroxylation is 1. The van der Waals surface area contributed by atoms with Gasteiger partial charge in [-0.1, -0.05) is 12.1 Å². The van der Waals surface area contributed by atoms with Crippen LogP contribution in [0, 0.1) is 6.92 Å². The first kappa shape index (κ1) is 16.8. The summed E-state index contributed by atoms with van der Waals surface area (Å²) >= 11 is 0. The lowest BCUT2D eigenvalue weighted by molar-refractivity contribution is 0.0985. The second kappa shape index (κ2) is 6.60. The minimum atomic E-state index is -2.71. The lowest BCUT2D eigenvalue weighted by atomic mass is 10.2. The van der Waals surface area contributed by atoms with Crippen LogP contribution < -0.4 is 4.90 Å². The van der Waals surface area contributed by atoms with Gasteiger partial charge in [-0.3, -0.25) is 4.57 Å². The fourth-order valence-corrected chi connectivity index (χ4v) is 3.30. The van der Waals surface area contributed by atoms with Gasteiger partial charge in [0.1, 0.15) is 17.5 Å². The topological polar surface area (TPSA) is 56.1 Å². The Bertz CT molecular complexity index is 942. The molecule has 2 aromatic heterocycles. The summed E-state index contributed by atoms with van der Waals surface area (Å²) in [6, 6.07) is 8.96. The zero-order chi connectivity index (χ0) is 18.3. The van der Waals surface area contributed by atoms with E-state index < -0.39 is 6.43 Å². The van der Waals surface area contributed by atoms with Crippen molar-refractivity contribution in [3.05, 3.63) is 42.0 Å². The van der Waals surface area contributed by atoms with Crippen molar-refractivity contribution in [2.24, 2.45) is 0 Å². The van der Waals surface area contributed by atoms with E-state index in [1.807, 2.05) is 6.92 Å². The number of halogens is 2. The van der Waals surface area contributed by atoms with Crippen LogP contribution >= 0.6 is 0 Å². The fourth-order valence-electron chi connectivity index (χ4n) is 3.30. The van der Waals surface area contributed by atoms with Gasteiger partial charge in [0, 0.05) is 12.6 Å². The number of hydrogen-bond donors (Lipinski definition) is 0. The number of imidazole rings is 1. The molecule has 0 amide bonds. The molecule has 8 heteroatoms. The number of benzene rings is 1. The summed E-state index contributed by atoms with van der Waals surface area (Å²) in [4.78, 5) is 15.1. The highest BCUT2D eigenvalue weighted by Crippen LogP contribution is 2.29. The summed E-state index contributed by atoms with van der Waals surface area (Å²) in [5.41, 5.74) is 1.11. The van der Waals surface area contributed by atoms with E-state index in [-0.39, 0.29) is 11.9 Å². The fraction of sp³-hybridized carbons (Fsp3) is 0.389. The van der Waals surface area contributed by atoms with Crippen molar-refractivity contribution in [1.29, 1.82) is 0 Å². The molecule has 1 saturated heterocycles. The number of ether oxygens (including phenoxy) is 1. The molecule has 26 heavy (non-hydrogen) atoms. The maximum absolute atomic E-state index is 13.6. The van der Waals surface area contributed by atoms with Gasteiger partial charge in [0.15, 0.2) is 5.82 Å². The van der Waals surface area contributed by atoms with Gasteiger partial charge in [-0.15, -0.1) is 0 Å². The van der Waals surface area contributed by atoms with E-state index in [2.05, 4.69) is 19.9 Å². The van der Waals surface area contributed by atoms with Crippen LogP contribution in [0.3, 0.4) is 0 Å². The van der Waals surface area contributed by atoms with Gasteiger partial charge in [-0.05, 0) is 26.0 Å². The number of para-hydroxylation sites is 2. The van der Waals surface area contributed by atoms with Crippen LogP contribution in [0.4, 0.5) is 14.6 Å². The first-order valence-corrected chi connectivity index (χ1v) is 8.50. The molecule has 6 nitrogen and oxygen atoms in total. The highest BCUT2D eigenvalue weighted by molar-refractivity contribution is 5.78. The van der Waals surface area contributed by atoms with E-state index in [0.29, 0.717) is 48.3 Å². The minimum Gasteiger partial charge on any atom is -0.377 e. The molecule has 1 aromatic carbocycles. The number of hydrogen-bond acceptors (Lipinski definition) is 5. The number of rotatable bonds is 3. The van der Waals surface area contributed by atoms with Crippen LogP contribution in [-0.4, -0.2) is 45.3 Å². The number of fused-ring (bicyclic) bond motifs is 1. The average Bonchev–Trinajstić information content (AvgIpc) is 3.01.